The fourth-order valence-electron chi connectivity index (χ4n) is 4.45. The number of rotatable bonds is 10. The Bertz CT molecular complexity index is 1040. The monoisotopic (exact) mass is 507 g/mol. The molecule has 1 aliphatic rings. The van der Waals surface area contributed by atoms with E-state index in [2.05, 4.69) is 34.1 Å². The maximum absolute atomic E-state index is 13.5. The predicted octanol–water partition coefficient (Wildman–Crippen LogP) is 7.11. The van der Waals surface area contributed by atoms with Crippen LogP contribution in [-0.2, 0) is 17.8 Å². The molecule has 198 valence electrons. The van der Waals surface area contributed by atoms with Crippen molar-refractivity contribution in [3.05, 3.63) is 34.9 Å². The highest BCUT2D eigenvalue weighted by molar-refractivity contribution is 6.04. The molecule has 1 unspecified atom stereocenters. The van der Waals surface area contributed by atoms with Crippen LogP contribution in [0.5, 0.6) is 5.75 Å². The second-order valence-electron chi connectivity index (χ2n) is 9.54. The van der Waals surface area contributed by atoms with Crippen LogP contribution >= 0.6 is 0 Å². The van der Waals surface area contributed by atoms with E-state index in [9.17, 15) is 18.0 Å². The molecule has 2 aromatic rings. The highest BCUT2D eigenvalue weighted by Crippen LogP contribution is 2.36. The van der Waals surface area contributed by atoms with Gasteiger partial charge < -0.3 is 14.8 Å². The number of nitrogens with one attached hydrogen (secondary N) is 1. The first kappa shape index (κ1) is 27.9. The van der Waals surface area contributed by atoms with E-state index in [1.54, 1.807) is 0 Å². The number of Topliss-reactive ketones (excluding diaryl/α,β-unsaturated/α-hetero) is 1. The van der Waals surface area contributed by atoms with Gasteiger partial charge in [0.1, 0.15) is 5.75 Å². The Balaban J connectivity index is 2.11. The van der Waals surface area contributed by atoms with Gasteiger partial charge in [-0.2, -0.15) is 0 Å². The van der Waals surface area contributed by atoms with E-state index >= 15 is 0 Å². The summed E-state index contributed by atoms with van der Waals surface area (Å²) in [5.74, 6) is -0.140. The number of ketones is 1. The van der Waals surface area contributed by atoms with E-state index < -0.39 is 6.36 Å². The van der Waals surface area contributed by atoms with Crippen LogP contribution in [0.25, 0.3) is 11.3 Å². The van der Waals surface area contributed by atoms with E-state index in [-0.39, 0.29) is 30.1 Å². The number of benzene rings is 1. The molecule has 9 heteroatoms. The first-order chi connectivity index (χ1) is 17.1. The second kappa shape index (κ2) is 12.5. The van der Waals surface area contributed by atoms with Crippen LogP contribution in [0.4, 0.5) is 19.0 Å². The Morgan fingerprint density at radius 1 is 1.19 bits per heavy atom. The Labute approximate surface area is 211 Å². The largest absolute Gasteiger partial charge is 0.573 e. The van der Waals surface area contributed by atoms with Crippen molar-refractivity contribution in [1.82, 2.24) is 10.2 Å². The van der Waals surface area contributed by atoms with Gasteiger partial charge in [-0.25, -0.2) is 0 Å². The van der Waals surface area contributed by atoms with Gasteiger partial charge in [0.2, 0.25) is 0 Å². The molecular weight excluding hydrogens is 471 g/mol. The number of anilines is 1. The summed E-state index contributed by atoms with van der Waals surface area (Å²) in [6.07, 6.45) is 1.60. The molecule has 0 saturated heterocycles. The van der Waals surface area contributed by atoms with Crippen molar-refractivity contribution < 1.29 is 27.4 Å². The van der Waals surface area contributed by atoms with Gasteiger partial charge in [-0.15, -0.1) is 23.4 Å². The molecule has 1 aliphatic heterocycles. The molecule has 0 bridgehead atoms. The zero-order chi connectivity index (χ0) is 26.3. The number of hydrogen-bond acceptors (Lipinski definition) is 6. The average molecular weight is 508 g/mol. The van der Waals surface area contributed by atoms with Gasteiger partial charge in [-0.1, -0.05) is 47.0 Å². The maximum Gasteiger partial charge on any atom is 0.573 e. The fraction of sp³-hybridized carbons (Fsp3) is 0.593. The van der Waals surface area contributed by atoms with Crippen molar-refractivity contribution in [2.45, 2.75) is 91.7 Å². The third kappa shape index (κ3) is 7.18. The van der Waals surface area contributed by atoms with Crippen LogP contribution in [0.15, 0.2) is 18.2 Å². The van der Waals surface area contributed by atoms with Gasteiger partial charge in [-0.3, -0.25) is 4.79 Å². The van der Waals surface area contributed by atoms with E-state index in [0.717, 1.165) is 37.7 Å². The van der Waals surface area contributed by atoms with Gasteiger partial charge in [0.15, 0.2) is 11.6 Å². The Morgan fingerprint density at radius 3 is 2.64 bits per heavy atom. The molecule has 0 radical (unpaired) electrons. The summed E-state index contributed by atoms with van der Waals surface area (Å²) in [7, 11) is 0. The molecule has 0 spiro atoms. The number of nitrogens with zero attached hydrogens (tertiary/aromatic N) is 2. The second-order valence-corrected chi connectivity index (χ2v) is 9.54. The topological polar surface area (TPSA) is 73.3 Å². The third-order valence-corrected chi connectivity index (χ3v) is 6.37. The Morgan fingerprint density at radius 2 is 1.97 bits per heavy atom. The minimum atomic E-state index is -4.80. The first-order valence-corrected chi connectivity index (χ1v) is 12.8. The highest BCUT2D eigenvalue weighted by Gasteiger charge is 2.32. The predicted molar refractivity (Wildman–Crippen MR) is 133 cm³/mol. The van der Waals surface area contributed by atoms with Gasteiger partial charge in [0.05, 0.1) is 17.9 Å². The van der Waals surface area contributed by atoms with Crippen LogP contribution in [0.1, 0.15) is 87.7 Å². The summed E-state index contributed by atoms with van der Waals surface area (Å²) in [5.41, 5.74) is 2.87. The number of alkyl halides is 3. The molecule has 36 heavy (non-hydrogen) atoms. The smallest absolute Gasteiger partial charge is 0.406 e. The zero-order valence-electron chi connectivity index (χ0n) is 21.5. The number of unbranched alkanes of at least 4 members (excludes halogenated alkanes) is 2. The van der Waals surface area contributed by atoms with Crippen molar-refractivity contribution in [2.24, 2.45) is 5.92 Å². The average Bonchev–Trinajstić information content (AvgIpc) is 2.90. The number of fused-ring (bicyclic) bond motifs is 3. The highest BCUT2D eigenvalue weighted by atomic mass is 19.4. The first-order valence-electron chi connectivity index (χ1n) is 12.8. The van der Waals surface area contributed by atoms with Crippen molar-refractivity contribution in [3.8, 4) is 17.0 Å². The van der Waals surface area contributed by atoms with Crippen molar-refractivity contribution in [3.63, 3.8) is 0 Å². The molecule has 0 saturated carbocycles. The number of hydrogen-bond donors (Lipinski definition) is 1. The summed E-state index contributed by atoms with van der Waals surface area (Å²) in [5, 5.41) is 12.5. The van der Waals surface area contributed by atoms with Crippen molar-refractivity contribution in [1.29, 1.82) is 0 Å². The summed E-state index contributed by atoms with van der Waals surface area (Å²) < 4.78 is 48.2. The maximum atomic E-state index is 13.5. The third-order valence-electron chi connectivity index (χ3n) is 6.37. The van der Waals surface area contributed by atoms with Crippen LogP contribution < -0.4 is 10.1 Å². The van der Waals surface area contributed by atoms with Crippen molar-refractivity contribution >= 4 is 11.6 Å². The number of aromatic nitrogens is 2. The number of ether oxygens (including phenoxy) is 2. The van der Waals surface area contributed by atoms with E-state index in [4.69, 9.17) is 4.74 Å². The van der Waals surface area contributed by atoms with E-state index in [1.165, 1.54) is 18.2 Å². The van der Waals surface area contributed by atoms with Crippen LogP contribution in [0, 0.1) is 5.92 Å². The zero-order valence-corrected chi connectivity index (χ0v) is 21.5. The molecule has 1 atom stereocenters. The van der Waals surface area contributed by atoms with Gasteiger partial charge in [-0.05, 0) is 55.0 Å². The fourth-order valence-corrected chi connectivity index (χ4v) is 4.45. The molecule has 1 aromatic carbocycles. The quantitative estimate of drug-likeness (QED) is 0.273. The number of halogens is 3. The molecule has 1 N–H and O–H groups in total. The molecule has 1 aromatic heterocycles. The Hall–Kier alpha value is -2.68. The molecule has 0 aliphatic carbocycles. The summed E-state index contributed by atoms with van der Waals surface area (Å²) in [6.45, 7) is 8.48. The summed E-state index contributed by atoms with van der Waals surface area (Å²) in [6, 6.07) is 4.27. The van der Waals surface area contributed by atoms with E-state index in [0.29, 0.717) is 47.7 Å². The van der Waals surface area contributed by atoms with Gasteiger partial charge in [0, 0.05) is 24.1 Å². The Kier molecular flexibility index (Phi) is 9.70. The SMILES string of the molecule is CCCCCC(CC)Nc1nnc2c(c1C(=O)C(C)C)CCCOCc1cc(OC(F)(F)F)ccc1-2. The van der Waals surface area contributed by atoms with Gasteiger partial charge in [0.25, 0.3) is 0 Å². The van der Waals surface area contributed by atoms with Crippen molar-refractivity contribution in [2.75, 3.05) is 11.9 Å². The molecule has 3 rings (SSSR count). The molecule has 0 fully saturated rings. The lowest BCUT2D eigenvalue weighted by Crippen LogP contribution is -2.24. The minimum Gasteiger partial charge on any atom is -0.406 e. The minimum absolute atomic E-state index is 0.0363. The molecule has 2 heterocycles. The summed E-state index contributed by atoms with van der Waals surface area (Å²) >= 11 is 0. The van der Waals surface area contributed by atoms with Gasteiger partial charge >= 0.3 is 6.36 Å². The van der Waals surface area contributed by atoms with Crippen LogP contribution in [0.3, 0.4) is 0 Å². The lowest BCUT2D eigenvalue weighted by atomic mass is 9.90. The molecule has 6 nitrogen and oxygen atoms in total. The van der Waals surface area contributed by atoms with E-state index in [1.807, 2.05) is 13.8 Å². The number of carbonyl (C=O) groups is 1. The lowest BCUT2D eigenvalue weighted by molar-refractivity contribution is -0.274. The molecular formula is C27H36F3N3O3. The van der Waals surface area contributed by atoms with Crippen LogP contribution in [0.2, 0.25) is 0 Å². The standard InChI is InChI=1S/C27H36F3N3O3/c1-5-7-8-10-19(6-2)31-26-23(25(34)17(3)4)22-11-9-14-35-16-18-15-20(36-27(28,29)30)12-13-21(18)24(22)32-33-26/h12-13,15,17,19H,5-11,14,16H2,1-4H3,(H,31,33). The van der Waals surface area contributed by atoms with Crippen LogP contribution in [-0.4, -0.2) is 35.0 Å². The normalized spacial score (nSPS) is 14.8. The summed E-state index contributed by atoms with van der Waals surface area (Å²) in [4.78, 5) is 13.5. The number of carbonyl (C=O) groups excluding carboxylic acids is 1. The lowest BCUT2D eigenvalue weighted by Gasteiger charge is -2.23. The molecule has 0 amide bonds.